The monoisotopic (exact) mass is 529 g/mol. The van der Waals surface area contributed by atoms with Gasteiger partial charge in [0, 0.05) is 33.3 Å². The van der Waals surface area contributed by atoms with E-state index in [2.05, 4.69) is 5.32 Å². The van der Waals surface area contributed by atoms with Gasteiger partial charge in [-0.05, 0) is 48.7 Å². The van der Waals surface area contributed by atoms with Crippen LogP contribution in [-0.4, -0.2) is 23.0 Å². The van der Waals surface area contributed by atoms with Crippen molar-refractivity contribution in [3.63, 3.8) is 0 Å². The van der Waals surface area contributed by atoms with Crippen molar-refractivity contribution < 1.29 is 23.5 Å². The van der Waals surface area contributed by atoms with Crippen LogP contribution >= 0.6 is 11.6 Å². The molecular weight excluding hydrogens is 506 g/mol. The number of benzene rings is 3. The van der Waals surface area contributed by atoms with E-state index in [1.807, 2.05) is 43.3 Å². The minimum atomic E-state index is -1.18. The van der Waals surface area contributed by atoms with Crippen molar-refractivity contribution in [3.8, 4) is 11.1 Å². The van der Waals surface area contributed by atoms with Crippen LogP contribution in [0.5, 0.6) is 0 Å². The summed E-state index contributed by atoms with van der Waals surface area (Å²) >= 11 is 5.90. The minimum absolute atomic E-state index is 0.0729. The second kappa shape index (κ2) is 10.2. The Labute approximate surface area is 222 Å². The van der Waals surface area contributed by atoms with Gasteiger partial charge in [-0.1, -0.05) is 54.1 Å². The van der Waals surface area contributed by atoms with Crippen LogP contribution in [0.25, 0.3) is 33.1 Å². The lowest BCUT2D eigenvalue weighted by Gasteiger charge is -2.15. The molecule has 0 bridgehead atoms. The third kappa shape index (κ3) is 4.80. The lowest BCUT2D eigenvalue weighted by Crippen LogP contribution is -2.43. The fourth-order valence-electron chi connectivity index (χ4n) is 4.70. The quantitative estimate of drug-likeness (QED) is 0.257. The van der Waals surface area contributed by atoms with Gasteiger partial charge in [0.15, 0.2) is 0 Å². The van der Waals surface area contributed by atoms with Crippen LogP contribution in [0, 0.1) is 13.8 Å². The summed E-state index contributed by atoms with van der Waals surface area (Å²) in [6.45, 7) is 3.59. The smallest absolute Gasteiger partial charge is 0.340 e. The highest BCUT2D eigenvalue weighted by Gasteiger charge is 2.24. The first-order valence-corrected chi connectivity index (χ1v) is 12.4. The number of carboxylic acid groups (broad SMARTS) is 1. The summed E-state index contributed by atoms with van der Waals surface area (Å²) in [5.74, 6) is -1.77. The highest BCUT2D eigenvalue weighted by Crippen LogP contribution is 2.37. The molecule has 0 radical (unpaired) electrons. The van der Waals surface area contributed by atoms with Gasteiger partial charge < -0.3 is 19.3 Å². The van der Waals surface area contributed by atoms with Gasteiger partial charge in [-0.15, -0.1) is 0 Å². The molecule has 0 aliphatic heterocycles. The molecule has 1 unspecified atom stereocenters. The molecule has 38 heavy (non-hydrogen) atoms. The number of fused-ring (bicyclic) bond motifs is 2. The van der Waals surface area contributed by atoms with Gasteiger partial charge >= 0.3 is 11.6 Å². The van der Waals surface area contributed by atoms with Gasteiger partial charge in [0.1, 0.15) is 17.2 Å². The van der Waals surface area contributed by atoms with E-state index < -0.39 is 23.5 Å². The zero-order valence-electron chi connectivity index (χ0n) is 20.7. The summed E-state index contributed by atoms with van der Waals surface area (Å²) in [5, 5.41) is 14.3. The van der Waals surface area contributed by atoms with Crippen molar-refractivity contribution >= 4 is 45.4 Å². The number of carboxylic acids is 1. The molecule has 1 atom stereocenters. The Balaban J connectivity index is 1.48. The van der Waals surface area contributed by atoms with Crippen molar-refractivity contribution in [1.29, 1.82) is 0 Å². The molecule has 2 N–H and O–H groups in total. The number of hydrogen-bond acceptors (Lipinski definition) is 5. The number of amides is 1. The Kier molecular flexibility index (Phi) is 6.78. The van der Waals surface area contributed by atoms with E-state index in [1.54, 1.807) is 37.5 Å². The summed E-state index contributed by atoms with van der Waals surface area (Å²) in [5.41, 5.74) is 4.42. The van der Waals surface area contributed by atoms with E-state index in [0.29, 0.717) is 38.3 Å². The first-order valence-electron chi connectivity index (χ1n) is 12.0. The molecule has 5 rings (SSSR count). The zero-order chi connectivity index (χ0) is 27.0. The van der Waals surface area contributed by atoms with Gasteiger partial charge in [0.2, 0.25) is 5.91 Å². The zero-order valence-corrected chi connectivity index (χ0v) is 21.5. The minimum Gasteiger partial charge on any atom is -0.480 e. The number of rotatable bonds is 7. The largest absolute Gasteiger partial charge is 0.480 e. The van der Waals surface area contributed by atoms with E-state index in [9.17, 15) is 19.5 Å². The van der Waals surface area contributed by atoms with Crippen molar-refractivity contribution in [1.82, 2.24) is 5.32 Å². The number of halogens is 1. The van der Waals surface area contributed by atoms with E-state index in [-0.39, 0.29) is 18.4 Å². The third-order valence-electron chi connectivity index (χ3n) is 6.75. The Morgan fingerprint density at radius 2 is 1.68 bits per heavy atom. The van der Waals surface area contributed by atoms with Gasteiger partial charge in [-0.3, -0.25) is 4.79 Å². The SMILES string of the molecule is Cc1c(CC(=O)NC(Cc2ccc(Cl)cc2)C(=O)O)c(=O)oc2c(C)c3occ(-c4ccccc4)c3cc12. The molecule has 0 aliphatic carbocycles. The second-order valence-electron chi connectivity index (χ2n) is 9.23. The van der Waals surface area contributed by atoms with Crippen LogP contribution < -0.4 is 10.9 Å². The predicted molar refractivity (Wildman–Crippen MR) is 146 cm³/mol. The molecule has 3 aromatic carbocycles. The fraction of sp³-hybridized carbons (Fsp3) is 0.167. The number of hydrogen-bond donors (Lipinski definition) is 2. The maximum absolute atomic E-state index is 12.9. The van der Waals surface area contributed by atoms with Gasteiger partial charge in [-0.25, -0.2) is 9.59 Å². The molecule has 0 saturated carbocycles. The molecule has 7 nitrogen and oxygen atoms in total. The maximum Gasteiger partial charge on any atom is 0.340 e. The molecule has 192 valence electrons. The van der Waals surface area contributed by atoms with Gasteiger partial charge in [-0.2, -0.15) is 0 Å². The summed E-state index contributed by atoms with van der Waals surface area (Å²) < 4.78 is 11.5. The van der Waals surface area contributed by atoms with E-state index in [4.69, 9.17) is 20.4 Å². The van der Waals surface area contributed by atoms with Crippen molar-refractivity contribution in [3.05, 3.63) is 105 Å². The molecule has 8 heteroatoms. The Hall–Kier alpha value is -4.36. The lowest BCUT2D eigenvalue weighted by molar-refractivity contribution is -0.141. The second-order valence-corrected chi connectivity index (χ2v) is 9.67. The van der Waals surface area contributed by atoms with Crippen LogP contribution in [0.1, 0.15) is 22.3 Å². The first-order chi connectivity index (χ1) is 18.2. The highest BCUT2D eigenvalue weighted by atomic mass is 35.5. The number of aryl methyl sites for hydroxylation is 2. The molecular formula is C30H24ClNO6. The normalized spacial score (nSPS) is 12.1. The fourth-order valence-corrected chi connectivity index (χ4v) is 4.83. The number of nitrogens with one attached hydrogen (secondary N) is 1. The van der Waals surface area contributed by atoms with Crippen LogP contribution in [0.2, 0.25) is 5.02 Å². The number of furan rings is 1. The Morgan fingerprint density at radius 3 is 2.37 bits per heavy atom. The van der Waals surface area contributed by atoms with Crippen molar-refractivity contribution in [2.45, 2.75) is 32.7 Å². The molecule has 0 spiro atoms. The topological polar surface area (TPSA) is 110 Å². The number of carbonyl (C=O) groups is 2. The lowest BCUT2D eigenvalue weighted by atomic mass is 9.97. The molecule has 0 aliphatic rings. The van der Waals surface area contributed by atoms with E-state index in [1.165, 1.54) is 0 Å². The summed E-state index contributed by atoms with van der Waals surface area (Å²) in [7, 11) is 0. The Morgan fingerprint density at radius 1 is 0.974 bits per heavy atom. The van der Waals surface area contributed by atoms with Crippen molar-refractivity contribution in [2.24, 2.45) is 0 Å². The number of carbonyl (C=O) groups excluding carboxylic acids is 1. The molecule has 1 amide bonds. The predicted octanol–water partition coefficient (Wildman–Crippen LogP) is 5.83. The maximum atomic E-state index is 12.9. The number of aliphatic carboxylic acids is 1. The standard InChI is InChI=1S/C30H24ClNO6/c1-16-21-13-23-24(19-6-4-3-5-7-19)15-37-27(23)17(2)28(21)38-30(36)22(16)14-26(33)32-25(29(34)35)12-18-8-10-20(31)11-9-18/h3-11,13,15,25H,12,14H2,1-2H3,(H,32,33)(H,34,35). The van der Waals surface area contributed by atoms with Gasteiger partial charge in [0.25, 0.3) is 0 Å². The van der Waals surface area contributed by atoms with Crippen LogP contribution in [0.15, 0.2) is 80.6 Å². The first kappa shape index (κ1) is 25.3. The molecule has 5 aromatic rings. The molecule has 2 heterocycles. The van der Waals surface area contributed by atoms with Crippen LogP contribution in [0.4, 0.5) is 0 Å². The average molecular weight is 530 g/mol. The van der Waals surface area contributed by atoms with E-state index in [0.717, 1.165) is 16.5 Å². The van der Waals surface area contributed by atoms with E-state index >= 15 is 0 Å². The molecule has 0 saturated heterocycles. The van der Waals surface area contributed by atoms with Crippen LogP contribution in [0.3, 0.4) is 0 Å². The summed E-state index contributed by atoms with van der Waals surface area (Å²) in [6, 6.07) is 17.3. The van der Waals surface area contributed by atoms with Crippen molar-refractivity contribution in [2.75, 3.05) is 0 Å². The molecule has 0 fully saturated rings. The third-order valence-corrected chi connectivity index (χ3v) is 7.00. The molecule has 2 aromatic heterocycles. The highest BCUT2D eigenvalue weighted by molar-refractivity contribution is 6.30. The average Bonchev–Trinajstić information content (AvgIpc) is 3.33. The Bertz CT molecular complexity index is 1740. The van der Waals surface area contributed by atoms with Crippen LogP contribution in [-0.2, 0) is 22.4 Å². The summed E-state index contributed by atoms with van der Waals surface area (Å²) in [6.07, 6.45) is 1.44. The summed E-state index contributed by atoms with van der Waals surface area (Å²) in [4.78, 5) is 37.7. The van der Waals surface area contributed by atoms with Gasteiger partial charge in [0.05, 0.1) is 18.2 Å².